The Morgan fingerprint density at radius 1 is 1.27 bits per heavy atom. The highest BCUT2D eigenvalue weighted by Crippen LogP contribution is 2.31. The quantitative estimate of drug-likeness (QED) is 0.890. The van der Waals surface area contributed by atoms with Gasteiger partial charge in [0.05, 0.1) is 0 Å². The Morgan fingerprint density at radius 3 is 2.41 bits per heavy atom. The largest absolute Gasteiger partial charge is 0.480 e. The summed E-state index contributed by atoms with van der Waals surface area (Å²) in [5.41, 5.74) is 8.28. The molecular weight excluding hydrogens is 280 g/mol. The van der Waals surface area contributed by atoms with Gasteiger partial charge in [-0.15, -0.1) is 0 Å². The summed E-state index contributed by atoms with van der Waals surface area (Å²) in [4.78, 5) is 24.0. The topological polar surface area (TPSA) is 81.4 Å². The van der Waals surface area contributed by atoms with E-state index in [1.807, 2.05) is 46.8 Å². The van der Waals surface area contributed by atoms with Gasteiger partial charge in [0.15, 0.2) is 6.10 Å². The van der Waals surface area contributed by atoms with Crippen LogP contribution in [0.3, 0.4) is 0 Å². The maximum atomic E-state index is 12.4. The van der Waals surface area contributed by atoms with Crippen molar-refractivity contribution in [2.24, 2.45) is 11.1 Å². The lowest BCUT2D eigenvalue weighted by Crippen LogP contribution is -2.54. The average molecular weight is 304 g/mol. The van der Waals surface area contributed by atoms with E-state index in [-0.39, 0.29) is 5.91 Å². The first-order valence-electron chi connectivity index (χ1n) is 7.46. The summed E-state index contributed by atoms with van der Waals surface area (Å²) in [6.45, 7) is 9.62. The molecule has 3 N–H and O–H groups in total. The molecule has 0 spiro atoms. The first-order chi connectivity index (χ1) is 10.1. The number of nitrogens with two attached hydrogens (primary N) is 1. The Kier molecular flexibility index (Phi) is 4.18. The van der Waals surface area contributed by atoms with Gasteiger partial charge < -0.3 is 15.8 Å². The zero-order valence-electron chi connectivity index (χ0n) is 13.8. The van der Waals surface area contributed by atoms with Crippen LogP contribution in [0.2, 0.25) is 0 Å². The lowest BCUT2D eigenvalue weighted by molar-refractivity contribution is -0.133. The Bertz CT molecular complexity index is 586. The SMILES string of the molecule is Cc1cc2c(cc1C)OC(C(=O)NC(C(N)=O)C(C)(C)C)C2. The van der Waals surface area contributed by atoms with Crippen LogP contribution in [0.1, 0.15) is 37.5 Å². The van der Waals surface area contributed by atoms with Crippen molar-refractivity contribution < 1.29 is 14.3 Å². The third-order valence-corrected chi connectivity index (χ3v) is 4.08. The first-order valence-corrected chi connectivity index (χ1v) is 7.46. The number of amides is 2. The minimum atomic E-state index is -0.726. The van der Waals surface area contributed by atoms with E-state index in [2.05, 4.69) is 5.32 Å². The minimum absolute atomic E-state index is 0.301. The number of ether oxygens (including phenoxy) is 1. The van der Waals surface area contributed by atoms with Crippen molar-refractivity contribution in [2.75, 3.05) is 0 Å². The van der Waals surface area contributed by atoms with Gasteiger partial charge in [0, 0.05) is 6.42 Å². The molecule has 22 heavy (non-hydrogen) atoms. The summed E-state index contributed by atoms with van der Waals surface area (Å²) in [5, 5.41) is 2.72. The Balaban J connectivity index is 2.11. The molecule has 1 aromatic rings. The van der Waals surface area contributed by atoms with Gasteiger partial charge in [-0.05, 0) is 42.0 Å². The smallest absolute Gasteiger partial charge is 0.262 e. The van der Waals surface area contributed by atoms with Crippen molar-refractivity contribution >= 4 is 11.8 Å². The van der Waals surface area contributed by atoms with Gasteiger partial charge in [0.2, 0.25) is 5.91 Å². The summed E-state index contributed by atoms with van der Waals surface area (Å²) >= 11 is 0. The van der Waals surface area contributed by atoms with E-state index in [0.717, 1.165) is 16.9 Å². The third kappa shape index (κ3) is 3.24. The molecule has 0 bridgehead atoms. The Hall–Kier alpha value is -2.04. The van der Waals surface area contributed by atoms with E-state index in [1.165, 1.54) is 5.56 Å². The zero-order valence-corrected chi connectivity index (χ0v) is 13.8. The molecule has 0 aromatic heterocycles. The lowest BCUT2D eigenvalue weighted by Gasteiger charge is -2.29. The van der Waals surface area contributed by atoms with E-state index in [0.29, 0.717) is 6.42 Å². The molecule has 5 heteroatoms. The van der Waals surface area contributed by atoms with Crippen LogP contribution in [-0.4, -0.2) is 24.0 Å². The van der Waals surface area contributed by atoms with Crippen molar-refractivity contribution in [1.29, 1.82) is 0 Å². The standard InChI is InChI=1S/C17H24N2O3/c1-9-6-11-8-13(22-12(11)7-10(9)2)16(21)19-14(15(18)20)17(3,4)5/h6-7,13-14H,8H2,1-5H3,(H2,18,20)(H,19,21). The molecule has 2 amide bonds. The predicted octanol–water partition coefficient (Wildman–Crippen LogP) is 1.62. The maximum Gasteiger partial charge on any atom is 0.262 e. The van der Waals surface area contributed by atoms with Gasteiger partial charge in [0.1, 0.15) is 11.8 Å². The van der Waals surface area contributed by atoms with E-state index in [4.69, 9.17) is 10.5 Å². The number of aryl methyl sites for hydroxylation is 2. The van der Waals surface area contributed by atoms with Gasteiger partial charge in [0.25, 0.3) is 5.91 Å². The summed E-state index contributed by atoms with van der Waals surface area (Å²) in [6, 6.07) is 3.27. The molecule has 1 aliphatic rings. The number of primary amides is 1. The molecule has 1 aliphatic heterocycles. The van der Waals surface area contributed by atoms with E-state index in [1.54, 1.807) is 0 Å². The highest BCUT2D eigenvalue weighted by atomic mass is 16.5. The van der Waals surface area contributed by atoms with Gasteiger partial charge in [-0.25, -0.2) is 0 Å². The summed E-state index contributed by atoms with van der Waals surface area (Å²) in [6.07, 6.45) is -0.0989. The molecule has 120 valence electrons. The number of benzene rings is 1. The predicted molar refractivity (Wildman–Crippen MR) is 84.6 cm³/mol. The second-order valence-corrected chi connectivity index (χ2v) is 7.06. The van der Waals surface area contributed by atoms with Crippen LogP contribution >= 0.6 is 0 Å². The van der Waals surface area contributed by atoms with Gasteiger partial charge in [-0.2, -0.15) is 0 Å². The first kappa shape index (κ1) is 16.3. The number of rotatable bonds is 3. The maximum absolute atomic E-state index is 12.4. The molecule has 1 heterocycles. The molecule has 0 fully saturated rings. The summed E-state index contributed by atoms with van der Waals surface area (Å²) in [7, 11) is 0. The average Bonchev–Trinajstić information content (AvgIpc) is 2.77. The fourth-order valence-corrected chi connectivity index (χ4v) is 2.61. The fourth-order valence-electron chi connectivity index (χ4n) is 2.61. The second-order valence-electron chi connectivity index (χ2n) is 7.06. The number of hydrogen-bond acceptors (Lipinski definition) is 3. The van der Waals surface area contributed by atoms with Crippen LogP contribution in [0.4, 0.5) is 0 Å². The molecule has 2 rings (SSSR count). The second kappa shape index (κ2) is 5.63. The molecule has 2 atom stereocenters. The number of fused-ring (bicyclic) bond motifs is 1. The van der Waals surface area contributed by atoms with E-state index in [9.17, 15) is 9.59 Å². The number of carbonyl (C=O) groups excluding carboxylic acids is 2. The number of nitrogens with one attached hydrogen (secondary N) is 1. The molecule has 0 saturated heterocycles. The van der Waals surface area contributed by atoms with Crippen molar-refractivity contribution in [3.8, 4) is 5.75 Å². The van der Waals surface area contributed by atoms with Crippen LogP contribution < -0.4 is 15.8 Å². The zero-order chi connectivity index (χ0) is 16.7. The van der Waals surface area contributed by atoms with E-state index >= 15 is 0 Å². The minimum Gasteiger partial charge on any atom is -0.480 e. The summed E-state index contributed by atoms with van der Waals surface area (Å²) < 4.78 is 5.73. The van der Waals surface area contributed by atoms with Crippen LogP contribution in [0, 0.1) is 19.3 Å². The summed E-state index contributed by atoms with van der Waals surface area (Å²) in [5.74, 6) is -0.0945. The fraction of sp³-hybridized carbons (Fsp3) is 0.529. The molecule has 5 nitrogen and oxygen atoms in total. The molecule has 2 unspecified atom stereocenters. The van der Waals surface area contributed by atoms with Crippen LogP contribution in [0.5, 0.6) is 5.75 Å². The van der Waals surface area contributed by atoms with Crippen molar-refractivity contribution in [3.05, 3.63) is 28.8 Å². The Morgan fingerprint density at radius 2 is 1.86 bits per heavy atom. The molecule has 0 radical (unpaired) electrons. The number of carbonyl (C=O) groups is 2. The van der Waals surface area contributed by atoms with Crippen LogP contribution in [-0.2, 0) is 16.0 Å². The van der Waals surface area contributed by atoms with Crippen molar-refractivity contribution in [2.45, 2.75) is 53.2 Å². The van der Waals surface area contributed by atoms with Gasteiger partial charge in [-0.3, -0.25) is 9.59 Å². The van der Waals surface area contributed by atoms with Crippen molar-refractivity contribution in [1.82, 2.24) is 5.32 Å². The molecular formula is C17H24N2O3. The monoisotopic (exact) mass is 304 g/mol. The van der Waals surface area contributed by atoms with Crippen molar-refractivity contribution in [3.63, 3.8) is 0 Å². The molecule has 0 saturated carbocycles. The molecule has 0 aliphatic carbocycles. The third-order valence-electron chi connectivity index (χ3n) is 4.08. The van der Waals surface area contributed by atoms with Crippen LogP contribution in [0.25, 0.3) is 0 Å². The van der Waals surface area contributed by atoms with Crippen LogP contribution in [0.15, 0.2) is 12.1 Å². The van der Waals surface area contributed by atoms with Gasteiger partial charge >= 0.3 is 0 Å². The lowest BCUT2D eigenvalue weighted by atomic mass is 9.86. The highest BCUT2D eigenvalue weighted by molar-refractivity contribution is 5.89. The molecule has 1 aromatic carbocycles. The Labute approximate surface area is 131 Å². The number of hydrogen-bond donors (Lipinski definition) is 2. The van der Waals surface area contributed by atoms with E-state index < -0.39 is 23.5 Å². The normalized spacial score (nSPS) is 18.3. The highest BCUT2D eigenvalue weighted by Gasteiger charge is 2.36. The van der Waals surface area contributed by atoms with Gasteiger partial charge in [-0.1, -0.05) is 26.8 Å².